The standard InChI is InChI=1S/C19H22O5/c1-20-15-10-7-13(12-17(15)22-3)6-8-14-9-11-16(21-2)19(24-5)18(14)23-4/h6-12H,1-5H3/b8-6+. The van der Waals surface area contributed by atoms with Gasteiger partial charge in [0, 0.05) is 5.56 Å². The summed E-state index contributed by atoms with van der Waals surface area (Å²) in [6.45, 7) is 0. The molecule has 2 aromatic rings. The van der Waals surface area contributed by atoms with Gasteiger partial charge < -0.3 is 23.7 Å². The SMILES string of the molecule is COc1ccc(/C=C/c2ccc(OC)c(OC)c2OC)cc1OC. The van der Waals surface area contributed by atoms with E-state index in [2.05, 4.69) is 0 Å². The maximum absolute atomic E-state index is 5.48. The van der Waals surface area contributed by atoms with Crippen LogP contribution in [0.15, 0.2) is 30.3 Å². The topological polar surface area (TPSA) is 46.2 Å². The van der Waals surface area contributed by atoms with Crippen LogP contribution < -0.4 is 23.7 Å². The van der Waals surface area contributed by atoms with Crippen molar-refractivity contribution < 1.29 is 23.7 Å². The molecule has 24 heavy (non-hydrogen) atoms. The van der Waals surface area contributed by atoms with Gasteiger partial charge in [-0.2, -0.15) is 0 Å². The van der Waals surface area contributed by atoms with Crippen LogP contribution in [0.5, 0.6) is 28.7 Å². The molecule has 0 spiro atoms. The molecule has 0 atom stereocenters. The summed E-state index contributed by atoms with van der Waals surface area (Å²) in [6.07, 6.45) is 3.91. The molecule has 5 nitrogen and oxygen atoms in total. The van der Waals surface area contributed by atoms with E-state index < -0.39 is 0 Å². The summed E-state index contributed by atoms with van der Waals surface area (Å²) in [5.74, 6) is 3.18. The van der Waals surface area contributed by atoms with Crippen LogP contribution in [0.2, 0.25) is 0 Å². The summed E-state index contributed by atoms with van der Waals surface area (Å²) in [5.41, 5.74) is 1.86. The Morgan fingerprint density at radius 1 is 0.583 bits per heavy atom. The maximum atomic E-state index is 5.48. The van der Waals surface area contributed by atoms with Gasteiger partial charge >= 0.3 is 0 Å². The van der Waals surface area contributed by atoms with E-state index in [-0.39, 0.29) is 0 Å². The molecule has 0 aliphatic carbocycles. The Hall–Kier alpha value is -2.82. The average molecular weight is 330 g/mol. The maximum Gasteiger partial charge on any atom is 0.203 e. The number of methoxy groups -OCH3 is 5. The van der Waals surface area contributed by atoms with E-state index in [9.17, 15) is 0 Å². The normalized spacial score (nSPS) is 10.5. The van der Waals surface area contributed by atoms with Crippen molar-refractivity contribution in [2.45, 2.75) is 0 Å². The molecule has 0 radical (unpaired) electrons. The van der Waals surface area contributed by atoms with Crippen LogP contribution in [0.25, 0.3) is 12.2 Å². The number of hydrogen-bond donors (Lipinski definition) is 0. The summed E-state index contributed by atoms with van der Waals surface area (Å²) in [4.78, 5) is 0. The van der Waals surface area contributed by atoms with Crippen LogP contribution in [0.4, 0.5) is 0 Å². The fourth-order valence-corrected chi connectivity index (χ4v) is 2.40. The first kappa shape index (κ1) is 17.5. The van der Waals surface area contributed by atoms with E-state index in [1.54, 1.807) is 35.5 Å². The Bertz CT molecular complexity index is 722. The molecule has 0 bridgehead atoms. The van der Waals surface area contributed by atoms with Crippen molar-refractivity contribution in [3.8, 4) is 28.7 Å². The molecule has 0 saturated carbocycles. The predicted octanol–water partition coefficient (Wildman–Crippen LogP) is 3.90. The molecule has 0 aliphatic rings. The summed E-state index contributed by atoms with van der Waals surface area (Å²) < 4.78 is 26.7. The Kier molecular flexibility index (Phi) is 5.95. The van der Waals surface area contributed by atoms with E-state index in [1.807, 2.05) is 42.5 Å². The van der Waals surface area contributed by atoms with E-state index in [0.717, 1.165) is 11.1 Å². The van der Waals surface area contributed by atoms with E-state index in [0.29, 0.717) is 28.7 Å². The van der Waals surface area contributed by atoms with Crippen molar-refractivity contribution in [1.29, 1.82) is 0 Å². The molecular weight excluding hydrogens is 308 g/mol. The molecule has 2 aromatic carbocycles. The van der Waals surface area contributed by atoms with Gasteiger partial charge in [0.2, 0.25) is 5.75 Å². The second-order valence-electron chi connectivity index (χ2n) is 4.87. The number of benzene rings is 2. The lowest BCUT2D eigenvalue weighted by Crippen LogP contribution is -1.96. The van der Waals surface area contributed by atoms with Crippen molar-refractivity contribution in [3.05, 3.63) is 41.5 Å². The Balaban J connectivity index is 2.38. The summed E-state index contributed by atoms with van der Waals surface area (Å²) in [6, 6.07) is 9.48. The van der Waals surface area contributed by atoms with Crippen molar-refractivity contribution in [1.82, 2.24) is 0 Å². The smallest absolute Gasteiger partial charge is 0.203 e. The minimum Gasteiger partial charge on any atom is -0.493 e. The molecule has 128 valence electrons. The fraction of sp³-hybridized carbons (Fsp3) is 0.263. The van der Waals surface area contributed by atoms with Crippen LogP contribution in [-0.4, -0.2) is 35.5 Å². The van der Waals surface area contributed by atoms with Crippen molar-refractivity contribution >= 4 is 12.2 Å². The highest BCUT2D eigenvalue weighted by Crippen LogP contribution is 2.40. The molecule has 0 amide bonds. The van der Waals surface area contributed by atoms with Crippen LogP contribution >= 0.6 is 0 Å². The van der Waals surface area contributed by atoms with E-state index in [4.69, 9.17) is 23.7 Å². The molecule has 0 heterocycles. The zero-order valence-electron chi connectivity index (χ0n) is 14.6. The molecule has 0 N–H and O–H groups in total. The second kappa shape index (κ2) is 8.15. The van der Waals surface area contributed by atoms with Gasteiger partial charge in [-0.15, -0.1) is 0 Å². The van der Waals surface area contributed by atoms with Gasteiger partial charge in [0.05, 0.1) is 35.5 Å². The summed E-state index contributed by atoms with van der Waals surface area (Å²) >= 11 is 0. The Morgan fingerprint density at radius 2 is 1.21 bits per heavy atom. The van der Waals surface area contributed by atoms with Gasteiger partial charge in [-0.3, -0.25) is 0 Å². The number of rotatable bonds is 7. The third-order valence-corrected chi connectivity index (χ3v) is 3.60. The minimum absolute atomic E-state index is 0.564. The molecule has 0 aromatic heterocycles. The average Bonchev–Trinajstić information content (AvgIpc) is 2.64. The molecule has 0 unspecified atom stereocenters. The van der Waals surface area contributed by atoms with Crippen LogP contribution in [0.3, 0.4) is 0 Å². The predicted molar refractivity (Wildman–Crippen MR) is 94.6 cm³/mol. The fourth-order valence-electron chi connectivity index (χ4n) is 2.40. The first-order valence-electron chi connectivity index (χ1n) is 7.37. The molecule has 0 fully saturated rings. The molecule has 2 rings (SSSR count). The largest absolute Gasteiger partial charge is 0.493 e. The highest BCUT2D eigenvalue weighted by Gasteiger charge is 2.14. The third kappa shape index (κ3) is 3.56. The second-order valence-corrected chi connectivity index (χ2v) is 4.87. The zero-order chi connectivity index (χ0) is 17.5. The summed E-state index contributed by atoms with van der Waals surface area (Å²) in [5, 5.41) is 0. The Labute approximate surface area is 142 Å². The lowest BCUT2D eigenvalue weighted by Gasteiger charge is -2.14. The quantitative estimate of drug-likeness (QED) is 0.721. The van der Waals surface area contributed by atoms with Gasteiger partial charge in [-0.05, 0) is 29.8 Å². The van der Waals surface area contributed by atoms with Crippen molar-refractivity contribution in [2.75, 3.05) is 35.5 Å². The van der Waals surface area contributed by atoms with Gasteiger partial charge in [0.15, 0.2) is 23.0 Å². The monoisotopic (exact) mass is 330 g/mol. The van der Waals surface area contributed by atoms with Gasteiger partial charge in [0.1, 0.15) is 0 Å². The van der Waals surface area contributed by atoms with Gasteiger partial charge in [-0.1, -0.05) is 18.2 Å². The van der Waals surface area contributed by atoms with Crippen molar-refractivity contribution in [2.24, 2.45) is 0 Å². The first-order chi connectivity index (χ1) is 11.7. The highest BCUT2D eigenvalue weighted by molar-refractivity contribution is 5.76. The number of hydrogen-bond acceptors (Lipinski definition) is 5. The van der Waals surface area contributed by atoms with Gasteiger partial charge in [-0.25, -0.2) is 0 Å². The van der Waals surface area contributed by atoms with Crippen LogP contribution in [0, 0.1) is 0 Å². The molecule has 5 heteroatoms. The lowest BCUT2D eigenvalue weighted by molar-refractivity contribution is 0.324. The van der Waals surface area contributed by atoms with Crippen LogP contribution in [0.1, 0.15) is 11.1 Å². The zero-order valence-corrected chi connectivity index (χ0v) is 14.6. The highest BCUT2D eigenvalue weighted by atomic mass is 16.5. The third-order valence-electron chi connectivity index (χ3n) is 3.60. The Morgan fingerprint density at radius 3 is 1.79 bits per heavy atom. The molecule has 0 aliphatic heterocycles. The first-order valence-corrected chi connectivity index (χ1v) is 7.37. The number of ether oxygens (including phenoxy) is 5. The molecular formula is C19H22O5. The van der Waals surface area contributed by atoms with Gasteiger partial charge in [0.25, 0.3) is 0 Å². The van der Waals surface area contributed by atoms with E-state index >= 15 is 0 Å². The summed E-state index contributed by atoms with van der Waals surface area (Å²) in [7, 11) is 8.01. The van der Waals surface area contributed by atoms with Crippen molar-refractivity contribution in [3.63, 3.8) is 0 Å². The minimum atomic E-state index is 0.564. The lowest BCUT2D eigenvalue weighted by atomic mass is 10.1. The van der Waals surface area contributed by atoms with Crippen LogP contribution in [-0.2, 0) is 0 Å². The molecule has 0 saturated heterocycles. The van der Waals surface area contributed by atoms with E-state index in [1.165, 1.54) is 0 Å².